The van der Waals surface area contributed by atoms with Crippen molar-refractivity contribution < 1.29 is 9.53 Å². The Bertz CT molecular complexity index is 594. The summed E-state index contributed by atoms with van der Waals surface area (Å²) in [5.41, 5.74) is 1.70. The monoisotopic (exact) mass is 299 g/mol. The van der Waals surface area contributed by atoms with Crippen LogP contribution in [0.1, 0.15) is 29.3 Å². The Morgan fingerprint density at radius 1 is 1.18 bits per heavy atom. The second-order valence-corrected chi connectivity index (χ2v) is 4.89. The molecule has 2 N–H and O–H groups in total. The fourth-order valence-electron chi connectivity index (χ4n) is 1.91. The van der Waals surface area contributed by atoms with Gasteiger partial charge < -0.3 is 15.4 Å². The highest BCUT2D eigenvalue weighted by Gasteiger charge is 2.04. The third-order valence-corrected chi connectivity index (χ3v) is 3.19. The molecule has 0 atom stereocenters. The maximum atomic E-state index is 11.8. The minimum absolute atomic E-state index is 0.0870. The zero-order chi connectivity index (χ0) is 15.8. The molecule has 1 aromatic heterocycles. The average Bonchev–Trinajstić information content (AvgIpc) is 2.58. The highest BCUT2D eigenvalue weighted by molar-refractivity contribution is 5.93. The summed E-state index contributed by atoms with van der Waals surface area (Å²) in [7, 11) is 1.65. The molecule has 1 amide bonds. The molecule has 2 aromatic rings. The number of methoxy groups -OCH3 is 1. The molecule has 22 heavy (non-hydrogen) atoms. The van der Waals surface area contributed by atoms with Crippen LogP contribution in [-0.2, 0) is 6.54 Å². The summed E-state index contributed by atoms with van der Waals surface area (Å²) in [6.07, 6.45) is 2.50. The molecule has 0 aliphatic carbocycles. The van der Waals surface area contributed by atoms with E-state index in [0.29, 0.717) is 18.7 Å². The molecule has 0 saturated heterocycles. The third-order valence-electron chi connectivity index (χ3n) is 3.19. The summed E-state index contributed by atoms with van der Waals surface area (Å²) in [6, 6.07) is 11.4. The van der Waals surface area contributed by atoms with E-state index < -0.39 is 0 Å². The maximum absolute atomic E-state index is 11.8. The lowest BCUT2D eigenvalue weighted by molar-refractivity contribution is 0.0953. The first-order chi connectivity index (χ1) is 10.7. The van der Waals surface area contributed by atoms with Crippen LogP contribution >= 0.6 is 0 Å². The number of benzene rings is 1. The molecular formula is C17H21N3O2. The Morgan fingerprint density at radius 3 is 2.55 bits per heavy atom. The van der Waals surface area contributed by atoms with Gasteiger partial charge in [-0.1, -0.05) is 19.1 Å². The smallest absolute Gasteiger partial charge is 0.252 e. The van der Waals surface area contributed by atoms with Gasteiger partial charge in [0.1, 0.15) is 11.6 Å². The number of amides is 1. The lowest BCUT2D eigenvalue weighted by atomic mass is 10.2. The Hall–Kier alpha value is -2.56. The quantitative estimate of drug-likeness (QED) is 0.825. The number of anilines is 1. The lowest BCUT2D eigenvalue weighted by Gasteiger charge is -2.08. The van der Waals surface area contributed by atoms with E-state index in [4.69, 9.17) is 4.74 Å². The van der Waals surface area contributed by atoms with E-state index in [2.05, 4.69) is 15.6 Å². The topological polar surface area (TPSA) is 63.2 Å². The van der Waals surface area contributed by atoms with Crippen molar-refractivity contribution in [3.8, 4) is 5.75 Å². The van der Waals surface area contributed by atoms with Gasteiger partial charge in [-0.05, 0) is 36.2 Å². The Labute approximate surface area is 130 Å². The predicted octanol–water partition coefficient (Wildman–Crippen LogP) is 2.84. The molecule has 0 spiro atoms. The van der Waals surface area contributed by atoms with E-state index in [1.165, 1.54) is 0 Å². The molecular weight excluding hydrogens is 278 g/mol. The van der Waals surface area contributed by atoms with E-state index in [9.17, 15) is 4.79 Å². The van der Waals surface area contributed by atoms with Gasteiger partial charge in [0.25, 0.3) is 5.91 Å². The second kappa shape index (κ2) is 8.02. The van der Waals surface area contributed by atoms with E-state index >= 15 is 0 Å². The fourth-order valence-corrected chi connectivity index (χ4v) is 1.91. The predicted molar refractivity (Wildman–Crippen MR) is 87.2 cm³/mol. The number of carbonyl (C=O) groups excluding carboxylic acids is 1. The van der Waals surface area contributed by atoms with Crippen LogP contribution in [0.4, 0.5) is 5.82 Å². The number of nitrogens with zero attached hydrogens (tertiary/aromatic N) is 1. The molecule has 1 heterocycles. The number of nitrogens with one attached hydrogen (secondary N) is 2. The van der Waals surface area contributed by atoms with Crippen LogP contribution in [0.2, 0.25) is 0 Å². The highest BCUT2D eigenvalue weighted by Crippen LogP contribution is 2.13. The number of aromatic nitrogens is 1. The van der Waals surface area contributed by atoms with Crippen molar-refractivity contribution >= 4 is 11.7 Å². The van der Waals surface area contributed by atoms with Gasteiger partial charge in [0, 0.05) is 19.3 Å². The Morgan fingerprint density at radius 2 is 1.95 bits per heavy atom. The molecule has 0 unspecified atom stereocenters. The van der Waals surface area contributed by atoms with Crippen LogP contribution in [0.5, 0.6) is 5.75 Å². The summed E-state index contributed by atoms with van der Waals surface area (Å²) >= 11 is 0. The molecule has 116 valence electrons. The van der Waals surface area contributed by atoms with Gasteiger partial charge in [0.2, 0.25) is 0 Å². The number of pyridine rings is 1. The second-order valence-electron chi connectivity index (χ2n) is 4.89. The zero-order valence-corrected chi connectivity index (χ0v) is 12.9. The van der Waals surface area contributed by atoms with Crippen molar-refractivity contribution in [2.24, 2.45) is 0 Å². The molecule has 0 bridgehead atoms. The van der Waals surface area contributed by atoms with E-state index in [-0.39, 0.29) is 5.91 Å². The molecule has 0 saturated carbocycles. The van der Waals surface area contributed by atoms with Gasteiger partial charge in [-0.25, -0.2) is 4.98 Å². The van der Waals surface area contributed by atoms with Gasteiger partial charge in [-0.3, -0.25) is 4.79 Å². The van der Waals surface area contributed by atoms with Crippen LogP contribution in [0.25, 0.3) is 0 Å². The van der Waals surface area contributed by atoms with Gasteiger partial charge in [0.15, 0.2) is 0 Å². The van der Waals surface area contributed by atoms with Crippen molar-refractivity contribution in [3.63, 3.8) is 0 Å². The summed E-state index contributed by atoms with van der Waals surface area (Å²) in [6.45, 7) is 3.36. The molecule has 2 rings (SSSR count). The van der Waals surface area contributed by atoms with Crippen LogP contribution < -0.4 is 15.4 Å². The Kier molecular flexibility index (Phi) is 5.77. The summed E-state index contributed by atoms with van der Waals surface area (Å²) in [4.78, 5) is 16.0. The van der Waals surface area contributed by atoms with Crippen LogP contribution in [0.15, 0.2) is 42.6 Å². The van der Waals surface area contributed by atoms with Crippen LogP contribution in [-0.4, -0.2) is 24.5 Å². The first kappa shape index (κ1) is 15.8. The maximum Gasteiger partial charge on any atom is 0.252 e. The molecule has 1 aromatic carbocycles. The lowest BCUT2D eigenvalue weighted by Crippen LogP contribution is -2.24. The van der Waals surface area contributed by atoms with E-state index in [0.717, 1.165) is 23.6 Å². The number of rotatable bonds is 7. The summed E-state index contributed by atoms with van der Waals surface area (Å²) < 4.78 is 5.12. The molecule has 0 radical (unpaired) electrons. The van der Waals surface area contributed by atoms with Crippen molar-refractivity contribution in [2.75, 3.05) is 19.0 Å². The Balaban J connectivity index is 1.89. The number of ether oxygens (including phenoxy) is 1. The van der Waals surface area contributed by atoms with Gasteiger partial charge in [-0.2, -0.15) is 0 Å². The highest BCUT2D eigenvalue weighted by atomic mass is 16.5. The number of hydrogen-bond donors (Lipinski definition) is 2. The number of hydrogen-bond acceptors (Lipinski definition) is 4. The van der Waals surface area contributed by atoms with Gasteiger partial charge >= 0.3 is 0 Å². The van der Waals surface area contributed by atoms with Gasteiger partial charge in [0.05, 0.1) is 12.7 Å². The first-order valence-corrected chi connectivity index (χ1v) is 7.34. The SMILES string of the molecule is CCCNC(=O)c1ccc(NCc2ccc(OC)cc2)nc1. The van der Waals surface area contributed by atoms with Crippen LogP contribution in [0, 0.1) is 0 Å². The average molecular weight is 299 g/mol. The normalized spacial score (nSPS) is 10.1. The summed E-state index contributed by atoms with van der Waals surface area (Å²) in [5, 5.41) is 6.05. The molecule has 0 fully saturated rings. The van der Waals surface area contributed by atoms with Crippen molar-refractivity contribution in [1.82, 2.24) is 10.3 Å². The molecule has 5 heteroatoms. The minimum atomic E-state index is -0.0870. The largest absolute Gasteiger partial charge is 0.497 e. The third kappa shape index (κ3) is 4.48. The summed E-state index contributed by atoms with van der Waals surface area (Å²) in [5.74, 6) is 1.49. The zero-order valence-electron chi connectivity index (χ0n) is 12.9. The molecule has 0 aliphatic heterocycles. The first-order valence-electron chi connectivity index (χ1n) is 7.34. The van der Waals surface area contributed by atoms with E-state index in [1.54, 1.807) is 19.4 Å². The van der Waals surface area contributed by atoms with E-state index in [1.807, 2.05) is 37.3 Å². The standard InChI is InChI=1S/C17H21N3O2/c1-3-10-18-17(21)14-6-9-16(20-12-14)19-11-13-4-7-15(22-2)8-5-13/h4-9,12H,3,10-11H2,1-2H3,(H,18,21)(H,19,20). The van der Waals surface area contributed by atoms with Crippen molar-refractivity contribution in [3.05, 3.63) is 53.7 Å². The fraction of sp³-hybridized carbons (Fsp3) is 0.294. The van der Waals surface area contributed by atoms with Crippen molar-refractivity contribution in [2.45, 2.75) is 19.9 Å². The van der Waals surface area contributed by atoms with Crippen LogP contribution in [0.3, 0.4) is 0 Å². The minimum Gasteiger partial charge on any atom is -0.497 e. The van der Waals surface area contributed by atoms with Crippen molar-refractivity contribution in [1.29, 1.82) is 0 Å². The van der Waals surface area contributed by atoms with Gasteiger partial charge in [-0.15, -0.1) is 0 Å². The number of carbonyl (C=O) groups is 1. The molecule has 5 nitrogen and oxygen atoms in total. The molecule has 0 aliphatic rings.